The largest absolute Gasteiger partial charge is 0.478 e. The fourth-order valence-corrected chi connectivity index (χ4v) is 1.47. The van der Waals surface area contributed by atoms with Crippen LogP contribution in [-0.2, 0) is 6.54 Å². The molecule has 0 aliphatic heterocycles. The van der Waals surface area contributed by atoms with Crippen molar-refractivity contribution in [1.82, 2.24) is 15.3 Å². The van der Waals surface area contributed by atoms with Gasteiger partial charge in [-0.25, -0.2) is 14.8 Å². The quantitative estimate of drug-likeness (QED) is 0.800. The third-order valence-corrected chi connectivity index (χ3v) is 3.67. The van der Waals surface area contributed by atoms with Crippen molar-refractivity contribution in [2.24, 2.45) is 0 Å². The van der Waals surface area contributed by atoms with Crippen LogP contribution in [0.2, 0.25) is 0 Å². The van der Waals surface area contributed by atoms with Crippen molar-refractivity contribution in [3.63, 3.8) is 0 Å². The van der Waals surface area contributed by atoms with Crippen LogP contribution in [0.25, 0.3) is 0 Å². The first-order valence-corrected chi connectivity index (χ1v) is 6.47. The lowest BCUT2D eigenvalue weighted by Crippen LogP contribution is -2.32. The third-order valence-electron chi connectivity index (χ3n) is 2.42. The molecule has 1 heterocycles. The smallest absolute Gasteiger partial charge is 0.339 e. The minimum atomic E-state index is -0.994. The van der Waals surface area contributed by atoms with Crippen molar-refractivity contribution in [3.05, 3.63) is 23.8 Å². The Balaban J connectivity index is 2.61. The lowest BCUT2D eigenvalue weighted by molar-refractivity contribution is 0.0694. The molecule has 1 rings (SSSR count). The number of aromatic carboxylic acids is 1. The highest BCUT2D eigenvalue weighted by atomic mass is 32.2. The van der Waals surface area contributed by atoms with Gasteiger partial charge in [0.15, 0.2) is 0 Å². The van der Waals surface area contributed by atoms with Gasteiger partial charge in [0.05, 0.1) is 5.69 Å². The second-order valence-corrected chi connectivity index (χ2v) is 5.77. The molecule has 0 bridgehead atoms. The average Bonchev–Trinajstić information content (AvgIpc) is 2.29. The van der Waals surface area contributed by atoms with Crippen LogP contribution in [0.3, 0.4) is 0 Å². The maximum atomic E-state index is 10.9. The monoisotopic (exact) mass is 255 g/mol. The zero-order valence-electron chi connectivity index (χ0n) is 10.2. The summed E-state index contributed by atoms with van der Waals surface area (Å²) in [6.45, 7) is 5.48. The Morgan fingerprint density at radius 2 is 2.29 bits per heavy atom. The maximum Gasteiger partial charge on any atom is 0.339 e. The van der Waals surface area contributed by atoms with Crippen molar-refractivity contribution in [2.45, 2.75) is 25.1 Å². The molecule has 0 radical (unpaired) electrons. The van der Waals surface area contributed by atoms with Crippen molar-refractivity contribution >= 4 is 17.7 Å². The Morgan fingerprint density at radius 1 is 1.59 bits per heavy atom. The Morgan fingerprint density at radius 3 is 2.88 bits per heavy atom. The Kier molecular flexibility index (Phi) is 4.89. The molecule has 94 valence electrons. The summed E-state index contributed by atoms with van der Waals surface area (Å²) in [5, 5.41) is 12.2. The number of thioether (sulfide) groups is 1. The molecule has 0 unspecified atom stereocenters. The SMILES string of the molecule is CSC(C)(C)CNCc1ncncc1C(=O)O. The molecule has 0 saturated carbocycles. The van der Waals surface area contributed by atoms with Gasteiger partial charge in [-0.3, -0.25) is 0 Å². The van der Waals surface area contributed by atoms with E-state index in [1.54, 1.807) is 11.8 Å². The third kappa shape index (κ3) is 4.32. The molecule has 1 aromatic rings. The first-order valence-electron chi connectivity index (χ1n) is 5.24. The average molecular weight is 255 g/mol. The number of nitrogens with one attached hydrogen (secondary N) is 1. The molecule has 0 spiro atoms. The molecule has 17 heavy (non-hydrogen) atoms. The highest BCUT2D eigenvalue weighted by Gasteiger charge is 2.16. The summed E-state index contributed by atoms with van der Waals surface area (Å²) in [7, 11) is 0. The number of carboxylic acid groups (broad SMARTS) is 1. The van der Waals surface area contributed by atoms with Gasteiger partial charge in [-0.2, -0.15) is 11.8 Å². The molecule has 0 saturated heterocycles. The number of carbonyl (C=O) groups is 1. The van der Waals surface area contributed by atoms with Gasteiger partial charge in [-0.15, -0.1) is 0 Å². The predicted octanol–water partition coefficient (Wildman–Crippen LogP) is 1.41. The number of nitrogens with zero attached hydrogens (tertiary/aromatic N) is 2. The van der Waals surface area contributed by atoms with E-state index < -0.39 is 5.97 Å². The molecule has 0 amide bonds. The standard InChI is InChI=1S/C11H17N3O2S/c1-11(2,17-3)6-12-5-9-8(10(15)16)4-13-7-14-9/h4,7,12H,5-6H2,1-3H3,(H,15,16). The minimum Gasteiger partial charge on any atom is -0.478 e. The van der Waals surface area contributed by atoms with Gasteiger partial charge in [0, 0.05) is 24.0 Å². The molecule has 2 N–H and O–H groups in total. The van der Waals surface area contributed by atoms with Gasteiger partial charge in [0.25, 0.3) is 0 Å². The summed E-state index contributed by atoms with van der Waals surface area (Å²) >= 11 is 1.76. The van der Waals surface area contributed by atoms with Crippen molar-refractivity contribution in [2.75, 3.05) is 12.8 Å². The van der Waals surface area contributed by atoms with Gasteiger partial charge in [-0.05, 0) is 20.1 Å². The van der Waals surface area contributed by atoms with Crippen molar-refractivity contribution < 1.29 is 9.90 Å². The molecule has 0 aromatic carbocycles. The van der Waals surface area contributed by atoms with Gasteiger partial charge in [0.1, 0.15) is 11.9 Å². The first-order chi connectivity index (χ1) is 7.96. The Hall–Kier alpha value is -1.14. The number of rotatable bonds is 6. The molecular weight excluding hydrogens is 238 g/mol. The highest BCUT2D eigenvalue weighted by Crippen LogP contribution is 2.19. The van der Waals surface area contributed by atoms with E-state index in [2.05, 4.69) is 35.4 Å². The molecule has 0 fully saturated rings. The number of hydrogen-bond donors (Lipinski definition) is 2. The molecule has 5 nitrogen and oxygen atoms in total. The van der Waals surface area contributed by atoms with E-state index in [9.17, 15) is 4.79 Å². The lowest BCUT2D eigenvalue weighted by Gasteiger charge is -2.22. The van der Waals surface area contributed by atoms with E-state index >= 15 is 0 Å². The van der Waals surface area contributed by atoms with Crippen molar-refractivity contribution in [3.8, 4) is 0 Å². The molecule has 0 aliphatic rings. The Bertz CT molecular complexity index is 396. The summed E-state index contributed by atoms with van der Waals surface area (Å²) in [5.41, 5.74) is 0.673. The summed E-state index contributed by atoms with van der Waals surface area (Å²) in [6, 6.07) is 0. The van der Waals surface area contributed by atoms with E-state index in [1.807, 2.05) is 0 Å². The van der Waals surface area contributed by atoms with Crippen LogP contribution in [0.4, 0.5) is 0 Å². The second kappa shape index (κ2) is 5.97. The van der Waals surface area contributed by atoms with Crippen molar-refractivity contribution in [1.29, 1.82) is 0 Å². The van der Waals surface area contributed by atoms with Gasteiger partial charge < -0.3 is 10.4 Å². The topological polar surface area (TPSA) is 75.1 Å². The highest BCUT2D eigenvalue weighted by molar-refractivity contribution is 7.99. The summed E-state index contributed by atoms with van der Waals surface area (Å²) in [4.78, 5) is 18.6. The Labute approximate surface area is 105 Å². The number of aromatic nitrogens is 2. The molecule has 0 atom stereocenters. The molecular formula is C11H17N3O2S. The summed E-state index contributed by atoms with van der Waals surface area (Å²) < 4.78 is 0.121. The van der Waals surface area contributed by atoms with Crippen LogP contribution in [0, 0.1) is 0 Å². The first kappa shape index (κ1) is 13.9. The van der Waals surface area contributed by atoms with Crippen LogP contribution in [0.15, 0.2) is 12.5 Å². The molecule has 0 aliphatic carbocycles. The number of hydrogen-bond acceptors (Lipinski definition) is 5. The number of carboxylic acids is 1. The molecule has 6 heteroatoms. The van der Waals surface area contributed by atoms with Crippen LogP contribution in [0.1, 0.15) is 29.9 Å². The van der Waals surface area contributed by atoms with Crippen LogP contribution in [0.5, 0.6) is 0 Å². The van der Waals surface area contributed by atoms with Gasteiger partial charge in [0.2, 0.25) is 0 Å². The van der Waals surface area contributed by atoms with E-state index in [4.69, 9.17) is 5.11 Å². The van der Waals surface area contributed by atoms with Crippen LogP contribution >= 0.6 is 11.8 Å². The van der Waals surface area contributed by atoms with E-state index in [0.717, 1.165) is 6.54 Å². The molecule has 1 aromatic heterocycles. The maximum absolute atomic E-state index is 10.9. The zero-order valence-corrected chi connectivity index (χ0v) is 11.0. The van der Waals surface area contributed by atoms with Gasteiger partial charge in [-0.1, -0.05) is 0 Å². The minimum absolute atomic E-state index is 0.121. The predicted molar refractivity (Wildman–Crippen MR) is 68.3 cm³/mol. The second-order valence-electron chi connectivity index (χ2n) is 4.26. The summed E-state index contributed by atoms with van der Waals surface area (Å²) in [5.74, 6) is -0.994. The zero-order chi connectivity index (χ0) is 12.9. The normalized spacial score (nSPS) is 11.5. The summed E-state index contributed by atoms with van der Waals surface area (Å²) in [6.07, 6.45) is 4.74. The van der Waals surface area contributed by atoms with Gasteiger partial charge >= 0.3 is 5.97 Å². The van der Waals surface area contributed by atoms with Crippen LogP contribution < -0.4 is 5.32 Å². The van der Waals surface area contributed by atoms with E-state index in [1.165, 1.54) is 12.5 Å². The lowest BCUT2D eigenvalue weighted by atomic mass is 10.2. The fourth-order valence-electron chi connectivity index (χ4n) is 1.23. The van der Waals surface area contributed by atoms with Crippen LogP contribution in [-0.4, -0.2) is 38.6 Å². The van der Waals surface area contributed by atoms with E-state index in [-0.39, 0.29) is 10.3 Å². The van der Waals surface area contributed by atoms with E-state index in [0.29, 0.717) is 12.2 Å². The fraction of sp³-hybridized carbons (Fsp3) is 0.545.